The van der Waals surface area contributed by atoms with Crippen LogP contribution in [0.5, 0.6) is 0 Å². The van der Waals surface area contributed by atoms with E-state index in [0.717, 1.165) is 25.7 Å². The lowest BCUT2D eigenvalue weighted by Gasteiger charge is -2.39. The number of esters is 1. The molecule has 0 aliphatic heterocycles. The van der Waals surface area contributed by atoms with E-state index in [1.54, 1.807) is 27.7 Å². The van der Waals surface area contributed by atoms with Gasteiger partial charge in [0.2, 0.25) is 0 Å². The molecular weight excluding hydrogens is 270 g/mol. The molecule has 122 valence electrons. The molecule has 1 unspecified atom stereocenters. The molecule has 5 nitrogen and oxygen atoms in total. The maximum atomic E-state index is 12.3. The third kappa shape index (κ3) is 5.56. The third-order valence-corrected chi connectivity index (χ3v) is 3.88. The molecule has 1 amide bonds. The fraction of sp³-hybridized carbons (Fsp3) is 0.875. The molecule has 0 bridgehead atoms. The predicted octanol–water partition coefficient (Wildman–Crippen LogP) is 3.41. The minimum Gasteiger partial charge on any atom is -0.464 e. The van der Waals surface area contributed by atoms with Crippen LogP contribution in [0, 0.1) is 5.41 Å². The second-order valence-corrected chi connectivity index (χ2v) is 7.05. The van der Waals surface area contributed by atoms with E-state index in [9.17, 15) is 9.59 Å². The molecule has 1 N–H and O–H groups in total. The lowest BCUT2D eigenvalue weighted by atomic mass is 9.70. The van der Waals surface area contributed by atoms with E-state index >= 15 is 0 Å². The van der Waals surface area contributed by atoms with Crippen molar-refractivity contribution in [1.82, 2.24) is 5.32 Å². The summed E-state index contributed by atoms with van der Waals surface area (Å²) in [5, 5.41) is 2.73. The van der Waals surface area contributed by atoms with Gasteiger partial charge in [-0.3, -0.25) is 0 Å². The average molecular weight is 299 g/mol. The van der Waals surface area contributed by atoms with Crippen LogP contribution < -0.4 is 5.32 Å². The van der Waals surface area contributed by atoms with Gasteiger partial charge in [-0.2, -0.15) is 0 Å². The van der Waals surface area contributed by atoms with Crippen LogP contribution in [-0.2, 0) is 14.3 Å². The highest BCUT2D eigenvalue weighted by atomic mass is 16.6. The average Bonchev–Trinajstić information content (AvgIpc) is 2.35. The largest absolute Gasteiger partial charge is 0.464 e. The minimum atomic E-state index is -0.646. The molecular formula is C16H29NO4. The Balaban J connectivity index is 2.82. The van der Waals surface area contributed by atoms with Gasteiger partial charge < -0.3 is 14.8 Å². The van der Waals surface area contributed by atoms with Gasteiger partial charge in [-0.25, -0.2) is 9.59 Å². The summed E-state index contributed by atoms with van der Waals surface area (Å²) in [4.78, 5) is 24.3. The van der Waals surface area contributed by atoms with Crippen LogP contribution in [0.4, 0.5) is 4.79 Å². The smallest absolute Gasteiger partial charge is 0.408 e. The van der Waals surface area contributed by atoms with Gasteiger partial charge in [0.15, 0.2) is 0 Å². The van der Waals surface area contributed by atoms with Crippen LogP contribution in [0.15, 0.2) is 0 Å². The van der Waals surface area contributed by atoms with Crippen molar-refractivity contribution in [1.29, 1.82) is 0 Å². The van der Waals surface area contributed by atoms with E-state index in [2.05, 4.69) is 5.32 Å². The monoisotopic (exact) mass is 299 g/mol. The molecule has 0 aromatic heterocycles. The highest BCUT2D eigenvalue weighted by Crippen LogP contribution is 2.39. The van der Waals surface area contributed by atoms with Crippen LogP contribution in [0.2, 0.25) is 0 Å². The number of ether oxygens (including phenoxy) is 2. The molecule has 1 atom stereocenters. The molecule has 0 aromatic rings. The molecule has 1 aliphatic rings. The summed E-state index contributed by atoms with van der Waals surface area (Å²) >= 11 is 0. The van der Waals surface area contributed by atoms with Gasteiger partial charge in [0.25, 0.3) is 0 Å². The van der Waals surface area contributed by atoms with Gasteiger partial charge >= 0.3 is 12.1 Å². The van der Waals surface area contributed by atoms with E-state index in [0.29, 0.717) is 6.61 Å². The second-order valence-electron chi connectivity index (χ2n) is 7.05. The zero-order valence-corrected chi connectivity index (χ0v) is 14.0. The summed E-state index contributed by atoms with van der Waals surface area (Å²) < 4.78 is 10.4. The number of carbonyl (C=O) groups excluding carboxylic acids is 2. The zero-order chi connectivity index (χ0) is 16.1. The van der Waals surface area contributed by atoms with E-state index in [-0.39, 0.29) is 11.4 Å². The Hall–Kier alpha value is -1.26. The van der Waals surface area contributed by atoms with Crippen LogP contribution in [0.3, 0.4) is 0 Å². The second kappa shape index (κ2) is 7.14. The topological polar surface area (TPSA) is 64.6 Å². The number of carbonyl (C=O) groups is 2. The van der Waals surface area contributed by atoms with E-state index in [1.165, 1.54) is 6.42 Å². The molecule has 0 aromatic carbocycles. The summed E-state index contributed by atoms with van der Waals surface area (Å²) in [6.45, 7) is 9.52. The SMILES string of the molecule is CCOC(=O)C(NC(=O)OC(C)(C)C)C1(C)CCCCC1. The lowest BCUT2D eigenvalue weighted by Crippen LogP contribution is -2.53. The maximum absolute atomic E-state index is 12.3. The van der Waals surface area contributed by atoms with Crippen LogP contribution in [0.1, 0.15) is 66.7 Å². The minimum absolute atomic E-state index is 0.262. The van der Waals surface area contributed by atoms with Crippen molar-refractivity contribution in [2.45, 2.75) is 78.4 Å². The molecule has 0 radical (unpaired) electrons. The molecule has 5 heteroatoms. The Morgan fingerprint density at radius 3 is 2.24 bits per heavy atom. The first-order valence-electron chi connectivity index (χ1n) is 7.84. The number of amides is 1. The molecule has 1 fully saturated rings. The Morgan fingerprint density at radius 2 is 1.76 bits per heavy atom. The zero-order valence-electron chi connectivity index (χ0n) is 14.0. The lowest BCUT2D eigenvalue weighted by molar-refractivity contribution is -0.150. The summed E-state index contributed by atoms with van der Waals surface area (Å²) in [6.07, 6.45) is 4.58. The van der Waals surface area contributed by atoms with E-state index in [1.807, 2.05) is 6.92 Å². The van der Waals surface area contributed by atoms with Crippen molar-refractivity contribution < 1.29 is 19.1 Å². The predicted molar refractivity (Wildman–Crippen MR) is 81.0 cm³/mol. The Kier molecular flexibility index (Phi) is 6.05. The third-order valence-electron chi connectivity index (χ3n) is 3.88. The highest BCUT2D eigenvalue weighted by Gasteiger charge is 2.42. The number of hydrogen-bond donors (Lipinski definition) is 1. The van der Waals surface area contributed by atoms with Crippen molar-refractivity contribution in [3.05, 3.63) is 0 Å². The van der Waals surface area contributed by atoms with Crippen molar-refractivity contribution in [3.63, 3.8) is 0 Å². The van der Waals surface area contributed by atoms with Gasteiger partial charge in [-0.05, 0) is 46.0 Å². The summed E-state index contributed by atoms with van der Waals surface area (Å²) in [6, 6.07) is -0.646. The van der Waals surface area contributed by atoms with Gasteiger partial charge in [-0.1, -0.05) is 26.2 Å². The first-order chi connectivity index (χ1) is 9.68. The van der Waals surface area contributed by atoms with Gasteiger partial charge in [0.05, 0.1) is 6.61 Å². The van der Waals surface area contributed by atoms with Crippen LogP contribution >= 0.6 is 0 Å². The number of hydrogen-bond acceptors (Lipinski definition) is 4. The molecule has 1 saturated carbocycles. The molecule has 1 rings (SSSR count). The fourth-order valence-electron chi connectivity index (χ4n) is 2.82. The Morgan fingerprint density at radius 1 is 1.19 bits per heavy atom. The number of nitrogens with one attached hydrogen (secondary N) is 1. The summed E-state index contributed by atoms with van der Waals surface area (Å²) in [5.41, 5.74) is -0.849. The molecule has 0 saturated heterocycles. The number of alkyl carbamates (subject to hydrolysis) is 1. The van der Waals surface area contributed by atoms with Crippen molar-refractivity contribution in [2.75, 3.05) is 6.61 Å². The van der Waals surface area contributed by atoms with Crippen molar-refractivity contribution in [3.8, 4) is 0 Å². The van der Waals surface area contributed by atoms with E-state index in [4.69, 9.17) is 9.47 Å². The molecule has 0 spiro atoms. The first-order valence-corrected chi connectivity index (χ1v) is 7.84. The maximum Gasteiger partial charge on any atom is 0.408 e. The molecule has 21 heavy (non-hydrogen) atoms. The summed E-state index contributed by atoms with van der Waals surface area (Å²) in [5.74, 6) is -0.368. The van der Waals surface area contributed by atoms with Crippen LogP contribution in [0.25, 0.3) is 0 Å². The molecule has 1 aliphatic carbocycles. The van der Waals surface area contributed by atoms with Gasteiger partial charge in [0, 0.05) is 0 Å². The first kappa shape index (κ1) is 17.8. The summed E-state index contributed by atoms with van der Waals surface area (Å²) in [7, 11) is 0. The Bertz CT molecular complexity index is 367. The van der Waals surface area contributed by atoms with E-state index < -0.39 is 17.7 Å². The van der Waals surface area contributed by atoms with Gasteiger partial charge in [-0.15, -0.1) is 0 Å². The quantitative estimate of drug-likeness (QED) is 0.808. The normalized spacial score (nSPS) is 19.5. The standard InChI is InChI=1S/C16H29NO4/c1-6-20-13(18)12(16(5)10-8-7-9-11-16)17-14(19)21-15(2,3)4/h12H,6-11H2,1-5H3,(H,17,19). The number of rotatable bonds is 4. The van der Waals surface area contributed by atoms with Crippen molar-refractivity contribution >= 4 is 12.1 Å². The van der Waals surface area contributed by atoms with Gasteiger partial charge in [0.1, 0.15) is 11.6 Å². The van der Waals surface area contributed by atoms with Crippen molar-refractivity contribution in [2.24, 2.45) is 5.41 Å². The Labute approximate surface area is 127 Å². The molecule has 0 heterocycles. The highest BCUT2D eigenvalue weighted by molar-refractivity contribution is 5.82. The fourth-order valence-corrected chi connectivity index (χ4v) is 2.82. The van der Waals surface area contributed by atoms with Crippen LogP contribution in [-0.4, -0.2) is 30.3 Å².